The molecule has 1 aromatic carbocycles. The maximum Gasteiger partial charge on any atom is 0.237 e. The van der Waals surface area contributed by atoms with Crippen LogP contribution in [0.5, 0.6) is 5.75 Å². The van der Waals surface area contributed by atoms with Crippen LogP contribution in [0.15, 0.2) is 18.2 Å². The van der Waals surface area contributed by atoms with E-state index in [0.29, 0.717) is 13.0 Å². The number of nitrogens with one attached hydrogen (secondary N) is 1. The van der Waals surface area contributed by atoms with Crippen LogP contribution in [-0.2, 0) is 11.3 Å². The molecule has 96 valence electrons. The number of hydrogen-bond acceptors (Lipinski definition) is 3. The summed E-state index contributed by atoms with van der Waals surface area (Å²) in [5.74, 6) is -0.0738. The fraction of sp³-hybridized carbons (Fsp3) is 0.429. The molecule has 1 amide bonds. The van der Waals surface area contributed by atoms with Crippen LogP contribution in [0.1, 0.15) is 24.5 Å². The third kappa shape index (κ3) is 3.49. The Hall–Kier alpha value is -2.02. The van der Waals surface area contributed by atoms with Gasteiger partial charge in [-0.15, -0.1) is 0 Å². The van der Waals surface area contributed by atoms with Crippen molar-refractivity contribution < 1.29 is 9.53 Å². The second-order valence-corrected chi connectivity index (χ2v) is 4.12. The lowest BCUT2D eigenvalue weighted by molar-refractivity contribution is -0.123. The first-order chi connectivity index (χ1) is 8.62. The Kier molecular flexibility index (Phi) is 5.19. The van der Waals surface area contributed by atoms with Gasteiger partial charge >= 0.3 is 0 Å². The van der Waals surface area contributed by atoms with Crippen molar-refractivity contribution in [2.75, 3.05) is 7.11 Å². The molecular weight excluding hydrogens is 228 g/mol. The number of nitrogens with zero attached hydrogens (tertiary/aromatic N) is 1. The minimum absolute atomic E-state index is 0.233. The summed E-state index contributed by atoms with van der Waals surface area (Å²) in [6, 6.07) is 7.78. The fourth-order valence-electron chi connectivity index (χ4n) is 1.69. The molecule has 0 spiro atoms. The van der Waals surface area contributed by atoms with Crippen LogP contribution in [0.2, 0.25) is 0 Å². The lowest BCUT2D eigenvalue weighted by Gasteiger charge is -2.12. The molecule has 0 saturated carbocycles. The quantitative estimate of drug-likeness (QED) is 0.866. The zero-order chi connectivity index (χ0) is 13.5. The molecule has 1 atom stereocenters. The van der Waals surface area contributed by atoms with Crippen molar-refractivity contribution in [2.24, 2.45) is 5.92 Å². The minimum Gasteiger partial charge on any atom is -0.496 e. The Balaban J connectivity index is 2.72. The first-order valence-electron chi connectivity index (χ1n) is 5.93. The number of benzene rings is 1. The monoisotopic (exact) mass is 246 g/mol. The Morgan fingerprint density at radius 1 is 1.56 bits per heavy atom. The van der Waals surface area contributed by atoms with Crippen LogP contribution in [-0.4, -0.2) is 13.0 Å². The first kappa shape index (κ1) is 14.0. The van der Waals surface area contributed by atoms with E-state index in [4.69, 9.17) is 10.00 Å². The standard InChI is InChI=1S/C14H18N2O2/c1-4-11(8-15)14(17)16-9-12-7-10(2)5-6-13(12)18-3/h5-7,11H,4,9H2,1-3H3,(H,16,17). The average molecular weight is 246 g/mol. The molecule has 1 rings (SSSR count). The van der Waals surface area contributed by atoms with E-state index >= 15 is 0 Å². The Labute approximate surface area is 108 Å². The van der Waals surface area contributed by atoms with Gasteiger partial charge in [-0.2, -0.15) is 5.26 Å². The molecule has 4 nitrogen and oxygen atoms in total. The van der Waals surface area contributed by atoms with Crippen LogP contribution in [0.3, 0.4) is 0 Å². The van der Waals surface area contributed by atoms with Gasteiger partial charge in [0.1, 0.15) is 11.7 Å². The summed E-state index contributed by atoms with van der Waals surface area (Å²) in [5, 5.41) is 11.6. The zero-order valence-corrected chi connectivity index (χ0v) is 11.0. The molecule has 0 aliphatic rings. The number of methoxy groups -OCH3 is 1. The summed E-state index contributed by atoms with van der Waals surface area (Å²) in [7, 11) is 1.60. The molecule has 18 heavy (non-hydrogen) atoms. The van der Waals surface area contributed by atoms with E-state index in [9.17, 15) is 4.79 Å². The van der Waals surface area contributed by atoms with Gasteiger partial charge in [-0.3, -0.25) is 4.79 Å². The third-order valence-electron chi connectivity index (χ3n) is 2.77. The first-order valence-corrected chi connectivity index (χ1v) is 5.93. The maximum absolute atomic E-state index is 11.7. The molecule has 0 bridgehead atoms. The summed E-state index contributed by atoms with van der Waals surface area (Å²) >= 11 is 0. The predicted molar refractivity (Wildman–Crippen MR) is 69.0 cm³/mol. The number of carbonyl (C=O) groups is 1. The van der Waals surface area contributed by atoms with Crippen LogP contribution in [0.25, 0.3) is 0 Å². The van der Waals surface area contributed by atoms with E-state index in [1.807, 2.05) is 38.1 Å². The van der Waals surface area contributed by atoms with Gasteiger partial charge in [-0.1, -0.05) is 24.6 Å². The van der Waals surface area contributed by atoms with Crippen LogP contribution in [0.4, 0.5) is 0 Å². The Morgan fingerprint density at radius 2 is 2.28 bits per heavy atom. The minimum atomic E-state index is -0.583. The number of rotatable bonds is 5. The molecule has 1 aromatic rings. The van der Waals surface area contributed by atoms with Crippen molar-refractivity contribution in [3.8, 4) is 11.8 Å². The van der Waals surface area contributed by atoms with E-state index in [1.165, 1.54) is 0 Å². The average Bonchev–Trinajstić information content (AvgIpc) is 2.38. The summed E-state index contributed by atoms with van der Waals surface area (Å²) in [5.41, 5.74) is 2.02. The van der Waals surface area contributed by atoms with Gasteiger partial charge in [0.15, 0.2) is 0 Å². The molecule has 0 aliphatic carbocycles. The highest BCUT2D eigenvalue weighted by atomic mass is 16.5. The Morgan fingerprint density at radius 3 is 2.83 bits per heavy atom. The number of hydrogen-bond donors (Lipinski definition) is 1. The normalized spacial score (nSPS) is 11.4. The summed E-state index contributed by atoms with van der Waals surface area (Å²) in [6.07, 6.45) is 0.521. The van der Waals surface area contributed by atoms with E-state index in [-0.39, 0.29) is 5.91 Å². The van der Waals surface area contributed by atoms with Gasteiger partial charge in [0.05, 0.1) is 13.2 Å². The number of aryl methyl sites for hydroxylation is 1. The molecule has 0 heterocycles. The molecule has 0 radical (unpaired) electrons. The van der Waals surface area contributed by atoms with Gasteiger partial charge in [0.2, 0.25) is 5.91 Å². The van der Waals surface area contributed by atoms with Crippen molar-refractivity contribution >= 4 is 5.91 Å². The highest BCUT2D eigenvalue weighted by Crippen LogP contribution is 2.19. The summed E-state index contributed by atoms with van der Waals surface area (Å²) in [6.45, 7) is 4.18. The Bertz CT molecular complexity index is 463. The number of amides is 1. The molecule has 4 heteroatoms. The van der Waals surface area contributed by atoms with Crippen molar-refractivity contribution in [3.05, 3.63) is 29.3 Å². The van der Waals surface area contributed by atoms with E-state index in [1.54, 1.807) is 7.11 Å². The van der Waals surface area contributed by atoms with E-state index in [2.05, 4.69) is 5.32 Å². The van der Waals surface area contributed by atoms with Gasteiger partial charge in [-0.25, -0.2) is 0 Å². The largest absolute Gasteiger partial charge is 0.496 e. The number of ether oxygens (including phenoxy) is 1. The SMILES string of the molecule is CCC(C#N)C(=O)NCc1cc(C)ccc1OC. The van der Waals surface area contributed by atoms with Gasteiger partial charge in [-0.05, 0) is 19.4 Å². The smallest absolute Gasteiger partial charge is 0.237 e. The summed E-state index contributed by atoms with van der Waals surface area (Å²) in [4.78, 5) is 11.7. The molecule has 0 aromatic heterocycles. The van der Waals surface area contributed by atoms with Gasteiger partial charge < -0.3 is 10.1 Å². The maximum atomic E-state index is 11.7. The van der Waals surface area contributed by atoms with Crippen molar-refractivity contribution in [1.82, 2.24) is 5.32 Å². The second kappa shape index (κ2) is 6.65. The van der Waals surface area contributed by atoms with Crippen LogP contribution < -0.4 is 10.1 Å². The predicted octanol–water partition coefficient (Wildman–Crippen LogP) is 2.17. The molecule has 1 unspecified atom stereocenters. The van der Waals surface area contributed by atoms with Crippen molar-refractivity contribution in [2.45, 2.75) is 26.8 Å². The molecule has 0 fully saturated rings. The summed E-state index contributed by atoms with van der Waals surface area (Å²) < 4.78 is 5.23. The molecule has 1 N–H and O–H groups in total. The van der Waals surface area contributed by atoms with Crippen LogP contribution in [0, 0.1) is 24.2 Å². The van der Waals surface area contributed by atoms with Gasteiger partial charge in [0, 0.05) is 12.1 Å². The second-order valence-electron chi connectivity index (χ2n) is 4.12. The number of nitriles is 1. The van der Waals surface area contributed by atoms with Crippen molar-refractivity contribution in [3.63, 3.8) is 0 Å². The lowest BCUT2D eigenvalue weighted by atomic mass is 10.1. The van der Waals surface area contributed by atoms with E-state index in [0.717, 1.165) is 16.9 Å². The van der Waals surface area contributed by atoms with Crippen molar-refractivity contribution in [1.29, 1.82) is 5.26 Å². The topological polar surface area (TPSA) is 62.1 Å². The van der Waals surface area contributed by atoms with Gasteiger partial charge in [0.25, 0.3) is 0 Å². The highest BCUT2D eigenvalue weighted by molar-refractivity contribution is 5.80. The molecule has 0 aliphatic heterocycles. The molecular formula is C14H18N2O2. The zero-order valence-electron chi connectivity index (χ0n) is 11.0. The van der Waals surface area contributed by atoms with E-state index < -0.39 is 5.92 Å². The number of carbonyl (C=O) groups excluding carboxylic acids is 1. The molecule has 0 saturated heterocycles. The highest BCUT2D eigenvalue weighted by Gasteiger charge is 2.15. The third-order valence-corrected chi connectivity index (χ3v) is 2.77. The fourth-order valence-corrected chi connectivity index (χ4v) is 1.69. The lowest BCUT2D eigenvalue weighted by Crippen LogP contribution is -2.29. The van der Waals surface area contributed by atoms with Crippen LogP contribution >= 0.6 is 0 Å².